The Morgan fingerprint density at radius 2 is 1.94 bits per heavy atom. The van der Waals surface area contributed by atoms with E-state index in [1.165, 1.54) is 37.3 Å². The van der Waals surface area contributed by atoms with Gasteiger partial charge in [-0.1, -0.05) is 37.1 Å². The van der Waals surface area contributed by atoms with E-state index in [0.29, 0.717) is 0 Å². The van der Waals surface area contributed by atoms with Crippen molar-refractivity contribution in [2.75, 3.05) is 0 Å². The minimum absolute atomic E-state index is 0.844. The average Bonchev–Trinajstić information content (AvgIpc) is 2.88. The number of hydrogen-bond donors (Lipinski definition) is 1. The maximum atomic E-state index is 10.4. The van der Waals surface area contributed by atoms with Crippen molar-refractivity contribution in [3.05, 3.63) is 41.5 Å². The normalized spacial score (nSPS) is 16.4. The summed E-state index contributed by atoms with van der Waals surface area (Å²) in [6.45, 7) is 0. The largest absolute Gasteiger partial charge is 0.478 e. The van der Waals surface area contributed by atoms with E-state index in [2.05, 4.69) is 12.1 Å². The fourth-order valence-corrected chi connectivity index (χ4v) is 3.45. The Labute approximate surface area is 112 Å². The molecule has 1 aliphatic rings. The lowest BCUT2D eigenvalue weighted by molar-refractivity contribution is -0.131. The van der Waals surface area contributed by atoms with E-state index in [4.69, 9.17) is 5.11 Å². The van der Waals surface area contributed by atoms with Crippen molar-refractivity contribution in [3.8, 4) is 0 Å². The number of carboxylic acid groups (broad SMARTS) is 1. The molecule has 2 rings (SSSR count). The van der Waals surface area contributed by atoms with Gasteiger partial charge in [-0.2, -0.15) is 11.8 Å². The maximum Gasteiger partial charge on any atom is 0.328 e. The third kappa shape index (κ3) is 4.22. The first-order chi connectivity index (χ1) is 8.74. The number of benzene rings is 1. The number of carbonyl (C=O) groups is 1. The monoisotopic (exact) mass is 262 g/mol. The van der Waals surface area contributed by atoms with Crippen molar-refractivity contribution < 1.29 is 9.90 Å². The van der Waals surface area contributed by atoms with Gasteiger partial charge >= 0.3 is 5.97 Å². The molecule has 0 radical (unpaired) electrons. The quantitative estimate of drug-likeness (QED) is 0.816. The standard InChI is InChI=1S/C15H18O2S/c16-15(17)10-9-12-5-7-13(8-6-12)11-18-14-3-1-2-4-14/h5-10,14H,1-4,11H2,(H,16,17). The summed E-state index contributed by atoms with van der Waals surface area (Å²) in [5.74, 6) is 0.156. The zero-order valence-electron chi connectivity index (χ0n) is 10.3. The number of thioether (sulfide) groups is 1. The Hall–Kier alpha value is -1.22. The lowest BCUT2D eigenvalue weighted by Gasteiger charge is -2.08. The third-order valence-electron chi connectivity index (χ3n) is 3.19. The predicted octanol–water partition coefficient (Wildman–Crippen LogP) is 3.96. The second-order valence-corrected chi connectivity index (χ2v) is 5.92. The zero-order valence-corrected chi connectivity index (χ0v) is 11.2. The summed E-state index contributed by atoms with van der Waals surface area (Å²) in [6.07, 6.45) is 8.29. The molecular weight excluding hydrogens is 244 g/mol. The molecule has 1 N–H and O–H groups in total. The molecule has 0 unspecified atom stereocenters. The molecule has 96 valence electrons. The SMILES string of the molecule is O=C(O)C=Cc1ccc(CSC2CCCC2)cc1. The van der Waals surface area contributed by atoms with Crippen LogP contribution in [-0.2, 0) is 10.5 Å². The smallest absolute Gasteiger partial charge is 0.328 e. The highest BCUT2D eigenvalue weighted by molar-refractivity contribution is 7.99. The Kier molecular flexibility index (Phi) is 4.88. The molecule has 0 aliphatic heterocycles. The molecule has 0 heterocycles. The van der Waals surface area contributed by atoms with Crippen LogP contribution in [0, 0.1) is 0 Å². The van der Waals surface area contributed by atoms with Gasteiger partial charge in [-0.25, -0.2) is 4.79 Å². The summed E-state index contributed by atoms with van der Waals surface area (Å²) in [5.41, 5.74) is 2.26. The Morgan fingerprint density at radius 1 is 1.28 bits per heavy atom. The summed E-state index contributed by atoms with van der Waals surface area (Å²) in [6, 6.07) is 8.13. The van der Waals surface area contributed by atoms with Crippen molar-refractivity contribution in [1.82, 2.24) is 0 Å². The number of hydrogen-bond acceptors (Lipinski definition) is 2. The predicted molar refractivity (Wildman–Crippen MR) is 76.7 cm³/mol. The van der Waals surface area contributed by atoms with Crippen LogP contribution < -0.4 is 0 Å². The van der Waals surface area contributed by atoms with E-state index in [9.17, 15) is 4.79 Å². The van der Waals surface area contributed by atoms with Crippen LogP contribution in [0.2, 0.25) is 0 Å². The van der Waals surface area contributed by atoms with Crippen LogP contribution in [-0.4, -0.2) is 16.3 Å². The minimum atomic E-state index is -0.907. The molecule has 1 aliphatic carbocycles. The summed E-state index contributed by atoms with van der Waals surface area (Å²) in [5, 5.41) is 9.39. The number of carboxylic acids is 1. The molecule has 0 atom stereocenters. The molecule has 1 aromatic rings. The maximum absolute atomic E-state index is 10.4. The zero-order chi connectivity index (χ0) is 12.8. The Bertz CT molecular complexity index is 417. The van der Waals surface area contributed by atoms with Gasteiger partial charge in [0, 0.05) is 17.1 Å². The van der Waals surface area contributed by atoms with E-state index in [1.807, 2.05) is 23.9 Å². The van der Waals surface area contributed by atoms with Gasteiger partial charge in [-0.15, -0.1) is 0 Å². The first kappa shape index (κ1) is 13.2. The number of aliphatic carboxylic acids is 1. The van der Waals surface area contributed by atoms with Gasteiger partial charge in [0.25, 0.3) is 0 Å². The molecule has 3 heteroatoms. The second kappa shape index (κ2) is 6.64. The summed E-state index contributed by atoms with van der Waals surface area (Å²) >= 11 is 2.05. The average molecular weight is 262 g/mol. The Balaban J connectivity index is 1.85. The molecule has 0 aromatic heterocycles. The Morgan fingerprint density at radius 3 is 2.56 bits per heavy atom. The van der Waals surface area contributed by atoms with Crippen LogP contribution >= 0.6 is 11.8 Å². The minimum Gasteiger partial charge on any atom is -0.478 e. The van der Waals surface area contributed by atoms with Crippen molar-refractivity contribution >= 4 is 23.8 Å². The molecule has 18 heavy (non-hydrogen) atoms. The molecule has 1 saturated carbocycles. The van der Waals surface area contributed by atoms with Gasteiger partial charge < -0.3 is 5.11 Å². The van der Waals surface area contributed by atoms with Gasteiger partial charge in [0.05, 0.1) is 0 Å². The third-order valence-corrected chi connectivity index (χ3v) is 4.63. The topological polar surface area (TPSA) is 37.3 Å². The molecule has 0 saturated heterocycles. The lowest BCUT2D eigenvalue weighted by Crippen LogP contribution is -1.94. The number of rotatable bonds is 5. The molecular formula is C15H18O2S. The van der Waals surface area contributed by atoms with Gasteiger partial charge in [-0.3, -0.25) is 0 Å². The van der Waals surface area contributed by atoms with E-state index in [1.54, 1.807) is 6.08 Å². The fourth-order valence-electron chi connectivity index (χ4n) is 2.16. The van der Waals surface area contributed by atoms with Crippen LogP contribution in [0.1, 0.15) is 36.8 Å². The van der Waals surface area contributed by atoms with Crippen LogP contribution in [0.3, 0.4) is 0 Å². The van der Waals surface area contributed by atoms with E-state index < -0.39 is 5.97 Å². The molecule has 1 fully saturated rings. The van der Waals surface area contributed by atoms with Gasteiger partial charge in [-0.05, 0) is 30.0 Å². The first-order valence-electron chi connectivity index (χ1n) is 6.35. The lowest BCUT2D eigenvalue weighted by atomic mass is 10.1. The summed E-state index contributed by atoms with van der Waals surface area (Å²) in [4.78, 5) is 10.4. The molecule has 0 amide bonds. The van der Waals surface area contributed by atoms with Crippen LogP contribution in [0.5, 0.6) is 0 Å². The van der Waals surface area contributed by atoms with Gasteiger partial charge in [0.2, 0.25) is 0 Å². The summed E-state index contributed by atoms with van der Waals surface area (Å²) < 4.78 is 0. The second-order valence-electron chi connectivity index (χ2n) is 4.63. The van der Waals surface area contributed by atoms with Crippen LogP contribution in [0.15, 0.2) is 30.3 Å². The van der Waals surface area contributed by atoms with Crippen LogP contribution in [0.4, 0.5) is 0 Å². The summed E-state index contributed by atoms with van der Waals surface area (Å²) in [7, 11) is 0. The highest BCUT2D eigenvalue weighted by Gasteiger charge is 2.14. The highest BCUT2D eigenvalue weighted by atomic mass is 32.2. The van der Waals surface area contributed by atoms with E-state index >= 15 is 0 Å². The van der Waals surface area contributed by atoms with Gasteiger partial charge in [0.15, 0.2) is 0 Å². The molecule has 0 spiro atoms. The van der Waals surface area contributed by atoms with Crippen molar-refractivity contribution in [2.24, 2.45) is 0 Å². The van der Waals surface area contributed by atoms with Crippen molar-refractivity contribution in [2.45, 2.75) is 36.7 Å². The van der Waals surface area contributed by atoms with Gasteiger partial charge in [0.1, 0.15) is 0 Å². The highest BCUT2D eigenvalue weighted by Crippen LogP contribution is 2.31. The molecule has 1 aromatic carbocycles. The van der Waals surface area contributed by atoms with Crippen LogP contribution in [0.25, 0.3) is 6.08 Å². The van der Waals surface area contributed by atoms with E-state index in [-0.39, 0.29) is 0 Å². The fraction of sp³-hybridized carbons (Fsp3) is 0.400. The van der Waals surface area contributed by atoms with Crippen molar-refractivity contribution in [1.29, 1.82) is 0 Å². The molecule has 2 nitrogen and oxygen atoms in total. The molecule has 0 bridgehead atoms. The van der Waals surface area contributed by atoms with E-state index in [0.717, 1.165) is 16.6 Å². The van der Waals surface area contributed by atoms with Crippen molar-refractivity contribution in [3.63, 3.8) is 0 Å². The first-order valence-corrected chi connectivity index (χ1v) is 7.40.